The van der Waals surface area contributed by atoms with Crippen molar-refractivity contribution >= 4 is 34.5 Å². The quantitative estimate of drug-likeness (QED) is 0.543. The van der Waals surface area contributed by atoms with Crippen molar-refractivity contribution in [3.8, 4) is 21.9 Å². The molecule has 0 saturated heterocycles. The van der Waals surface area contributed by atoms with Crippen LogP contribution in [0.4, 0.5) is 24.5 Å². The molecule has 0 saturated carbocycles. The SMILES string of the molecule is CC(=O)Nc1ccc(C(F)(F)F)cc1NC(=O)c1ccc(-c2ccc3c(c2)OCCO3)s1. The molecule has 10 heteroatoms. The van der Waals surface area contributed by atoms with Crippen molar-refractivity contribution in [3.05, 3.63) is 59.0 Å². The smallest absolute Gasteiger partial charge is 0.416 e. The van der Waals surface area contributed by atoms with E-state index >= 15 is 0 Å². The highest BCUT2D eigenvalue weighted by Crippen LogP contribution is 2.38. The van der Waals surface area contributed by atoms with Crippen molar-refractivity contribution in [2.24, 2.45) is 0 Å². The van der Waals surface area contributed by atoms with Crippen LogP contribution >= 0.6 is 11.3 Å². The second-order valence-corrected chi connectivity index (χ2v) is 8.00. The lowest BCUT2D eigenvalue weighted by Crippen LogP contribution is -2.15. The molecule has 0 aliphatic carbocycles. The Kier molecular flexibility index (Phi) is 5.79. The van der Waals surface area contributed by atoms with Gasteiger partial charge in [0.15, 0.2) is 11.5 Å². The number of nitrogens with one attached hydrogen (secondary N) is 2. The summed E-state index contributed by atoms with van der Waals surface area (Å²) >= 11 is 1.18. The number of anilines is 2. The van der Waals surface area contributed by atoms with Gasteiger partial charge in [-0.25, -0.2) is 0 Å². The number of alkyl halides is 3. The maximum absolute atomic E-state index is 13.1. The van der Waals surface area contributed by atoms with Crippen molar-refractivity contribution in [1.82, 2.24) is 0 Å². The first-order chi connectivity index (χ1) is 15.2. The number of carbonyl (C=O) groups is 2. The molecule has 0 fully saturated rings. The van der Waals surface area contributed by atoms with Gasteiger partial charge in [0.25, 0.3) is 5.91 Å². The van der Waals surface area contributed by atoms with E-state index in [4.69, 9.17) is 9.47 Å². The van der Waals surface area contributed by atoms with Gasteiger partial charge in [-0.3, -0.25) is 9.59 Å². The fraction of sp³-hybridized carbons (Fsp3) is 0.182. The molecule has 2 heterocycles. The molecule has 3 aromatic rings. The van der Waals surface area contributed by atoms with Crippen LogP contribution in [0.2, 0.25) is 0 Å². The predicted octanol–water partition coefficient (Wildman–Crippen LogP) is 5.42. The molecular formula is C22H17F3N2O4S. The van der Waals surface area contributed by atoms with Gasteiger partial charge in [-0.15, -0.1) is 11.3 Å². The van der Waals surface area contributed by atoms with E-state index < -0.39 is 23.6 Å². The van der Waals surface area contributed by atoms with Crippen molar-refractivity contribution in [3.63, 3.8) is 0 Å². The van der Waals surface area contributed by atoms with Crippen molar-refractivity contribution in [2.75, 3.05) is 23.8 Å². The van der Waals surface area contributed by atoms with E-state index in [1.165, 1.54) is 18.3 Å². The van der Waals surface area contributed by atoms with Crippen molar-refractivity contribution < 1.29 is 32.2 Å². The number of amides is 2. The summed E-state index contributed by atoms with van der Waals surface area (Å²) in [6, 6.07) is 11.5. The summed E-state index contributed by atoms with van der Waals surface area (Å²) in [5, 5.41) is 4.90. The van der Waals surface area contributed by atoms with Gasteiger partial charge in [0.2, 0.25) is 5.91 Å². The molecule has 1 aliphatic rings. The minimum atomic E-state index is -4.59. The van der Waals surface area contributed by atoms with Crippen LogP contribution in [0.15, 0.2) is 48.5 Å². The summed E-state index contributed by atoms with van der Waals surface area (Å²) in [4.78, 5) is 25.2. The van der Waals surface area contributed by atoms with Gasteiger partial charge in [0.1, 0.15) is 13.2 Å². The van der Waals surface area contributed by atoms with Crippen LogP contribution < -0.4 is 20.1 Å². The molecule has 32 heavy (non-hydrogen) atoms. The third-order valence-corrected chi connectivity index (χ3v) is 5.70. The summed E-state index contributed by atoms with van der Waals surface area (Å²) in [6.07, 6.45) is -4.59. The lowest BCUT2D eigenvalue weighted by Gasteiger charge is -2.18. The number of carbonyl (C=O) groups excluding carboxylic acids is 2. The first-order valence-electron chi connectivity index (χ1n) is 9.51. The number of halogens is 3. The summed E-state index contributed by atoms with van der Waals surface area (Å²) in [6.45, 7) is 2.15. The molecule has 0 bridgehead atoms. The number of rotatable bonds is 4. The van der Waals surface area contributed by atoms with Gasteiger partial charge >= 0.3 is 6.18 Å². The van der Waals surface area contributed by atoms with Gasteiger partial charge in [-0.2, -0.15) is 13.2 Å². The number of benzene rings is 2. The number of ether oxygens (including phenoxy) is 2. The normalized spacial score (nSPS) is 12.9. The largest absolute Gasteiger partial charge is 0.486 e. The van der Waals surface area contributed by atoms with Gasteiger partial charge < -0.3 is 20.1 Å². The Balaban J connectivity index is 1.58. The van der Waals surface area contributed by atoms with E-state index in [-0.39, 0.29) is 11.4 Å². The van der Waals surface area contributed by atoms with Crippen LogP contribution in [0, 0.1) is 0 Å². The Bertz CT molecular complexity index is 1190. The number of hydrogen-bond donors (Lipinski definition) is 2. The maximum Gasteiger partial charge on any atom is 0.416 e. The van der Waals surface area contributed by atoms with E-state index in [9.17, 15) is 22.8 Å². The van der Waals surface area contributed by atoms with Crippen molar-refractivity contribution in [1.29, 1.82) is 0 Å². The second kappa shape index (κ2) is 8.54. The zero-order valence-corrected chi connectivity index (χ0v) is 17.5. The summed E-state index contributed by atoms with van der Waals surface area (Å²) in [7, 11) is 0. The number of thiophene rings is 1. The highest BCUT2D eigenvalue weighted by Gasteiger charge is 2.31. The second-order valence-electron chi connectivity index (χ2n) is 6.92. The molecule has 2 aromatic carbocycles. The average Bonchev–Trinajstić information content (AvgIpc) is 3.24. The third kappa shape index (κ3) is 4.70. The maximum atomic E-state index is 13.1. The Morgan fingerprint density at radius 2 is 1.66 bits per heavy atom. The van der Waals surface area contributed by atoms with Gasteiger partial charge in [0, 0.05) is 11.8 Å². The monoisotopic (exact) mass is 462 g/mol. The van der Waals surface area contributed by atoms with Gasteiger partial charge in [-0.05, 0) is 54.1 Å². The van der Waals surface area contributed by atoms with E-state index in [0.717, 1.165) is 28.6 Å². The molecule has 4 rings (SSSR count). The van der Waals surface area contributed by atoms with Gasteiger partial charge in [-0.1, -0.05) is 0 Å². The topological polar surface area (TPSA) is 76.7 Å². The molecule has 1 aromatic heterocycles. The fourth-order valence-electron chi connectivity index (χ4n) is 3.12. The van der Waals surface area contributed by atoms with Crippen LogP contribution in [-0.4, -0.2) is 25.0 Å². The first kappa shape index (κ1) is 21.7. The summed E-state index contributed by atoms with van der Waals surface area (Å²) < 4.78 is 50.4. The number of fused-ring (bicyclic) bond motifs is 1. The van der Waals surface area contributed by atoms with E-state index in [0.29, 0.717) is 29.6 Å². The molecule has 166 valence electrons. The highest BCUT2D eigenvalue weighted by atomic mass is 32.1. The Labute approximate surface area is 185 Å². The highest BCUT2D eigenvalue weighted by molar-refractivity contribution is 7.17. The van der Waals surface area contributed by atoms with Crippen LogP contribution in [0.25, 0.3) is 10.4 Å². The molecule has 2 N–H and O–H groups in total. The van der Waals surface area contributed by atoms with Crippen LogP contribution in [0.1, 0.15) is 22.2 Å². The van der Waals surface area contributed by atoms with Crippen LogP contribution in [-0.2, 0) is 11.0 Å². The zero-order chi connectivity index (χ0) is 22.9. The molecule has 6 nitrogen and oxygen atoms in total. The molecule has 0 atom stereocenters. The van der Waals surface area contributed by atoms with E-state index in [1.54, 1.807) is 18.2 Å². The van der Waals surface area contributed by atoms with Gasteiger partial charge in [0.05, 0.1) is 21.8 Å². The molecule has 0 radical (unpaired) electrons. The Morgan fingerprint density at radius 1 is 0.906 bits per heavy atom. The molecule has 2 amide bonds. The average molecular weight is 462 g/mol. The Morgan fingerprint density at radius 3 is 2.38 bits per heavy atom. The minimum Gasteiger partial charge on any atom is -0.486 e. The summed E-state index contributed by atoms with van der Waals surface area (Å²) in [5.74, 6) is 0.184. The van der Waals surface area contributed by atoms with Crippen molar-refractivity contribution in [2.45, 2.75) is 13.1 Å². The standard InChI is InChI=1S/C22H17F3N2O4S/c1-12(28)26-15-4-3-14(22(23,24)25)11-16(15)27-21(29)20-7-6-19(32-20)13-2-5-17-18(10-13)31-9-8-30-17/h2-7,10-11H,8-9H2,1H3,(H,26,28)(H,27,29). The lowest BCUT2D eigenvalue weighted by atomic mass is 10.1. The first-order valence-corrected chi connectivity index (χ1v) is 10.3. The predicted molar refractivity (Wildman–Crippen MR) is 114 cm³/mol. The number of hydrogen-bond acceptors (Lipinski definition) is 5. The summed E-state index contributed by atoms with van der Waals surface area (Å²) in [5.41, 5.74) is -0.196. The van der Waals surface area contributed by atoms with Crippen LogP contribution in [0.3, 0.4) is 0 Å². The molecular weight excluding hydrogens is 445 g/mol. The lowest BCUT2D eigenvalue weighted by molar-refractivity contribution is -0.137. The fourth-order valence-corrected chi connectivity index (χ4v) is 4.02. The van der Waals surface area contributed by atoms with E-state index in [1.807, 2.05) is 12.1 Å². The molecule has 0 spiro atoms. The van der Waals surface area contributed by atoms with E-state index in [2.05, 4.69) is 10.6 Å². The third-order valence-electron chi connectivity index (χ3n) is 4.56. The zero-order valence-electron chi connectivity index (χ0n) is 16.7. The minimum absolute atomic E-state index is 0.0717. The molecule has 0 unspecified atom stereocenters. The van der Waals surface area contributed by atoms with Crippen LogP contribution in [0.5, 0.6) is 11.5 Å². The Hall–Kier alpha value is -3.53. The molecule has 1 aliphatic heterocycles.